The number of Topliss-reactive ketones (excluding diaryl/α,β-unsaturated/α-hetero) is 1. The standard InChI is InChI=1S/C11H14ClN3O2/c1-7-6-17-4-3-15(7)10-5-9(8(2)16)13-11(12)14-10/h5,7H,3-4,6H2,1-2H3/t7-/m1/s1. The molecule has 2 rings (SSSR count). The van der Waals surface area contributed by atoms with Gasteiger partial charge in [-0.3, -0.25) is 4.79 Å². The molecule has 17 heavy (non-hydrogen) atoms. The normalized spacial score (nSPS) is 20.4. The summed E-state index contributed by atoms with van der Waals surface area (Å²) in [5.74, 6) is 0.572. The molecule has 92 valence electrons. The number of nitrogens with zero attached hydrogens (tertiary/aromatic N) is 3. The van der Waals surface area contributed by atoms with E-state index in [0.29, 0.717) is 24.7 Å². The fraction of sp³-hybridized carbons (Fsp3) is 0.545. The fourth-order valence-electron chi connectivity index (χ4n) is 1.80. The highest BCUT2D eigenvalue weighted by Crippen LogP contribution is 2.20. The van der Waals surface area contributed by atoms with Crippen molar-refractivity contribution in [3.8, 4) is 0 Å². The number of ketones is 1. The van der Waals surface area contributed by atoms with Crippen LogP contribution in [-0.2, 0) is 4.74 Å². The third-order valence-electron chi connectivity index (χ3n) is 2.71. The minimum Gasteiger partial charge on any atom is -0.377 e. The minimum atomic E-state index is -0.114. The average molecular weight is 256 g/mol. The van der Waals surface area contributed by atoms with Crippen molar-refractivity contribution >= 4 is 23.2 Å². The Kier molecular flexibility index (Phi) is 3.59. The Morgan fingerprint density at radius 1 is 1.59 bits per heavy atom. The SMILES string of the molecule is CC(=O)c1cc(N2CCOC[C@H]2C)nc(Cl)n1. The summed E-state index contributed by atoms with van der Waals surface area (Å²) >= 11 is 5.83. The van der Waals surface area contributed by atoms with E-state index in [0.717, 1.165) is 6.54 Å². The first-order valence-corrected chi connectivity index (χ1v) is 5.85. The molecule has 0 aromatic carbocycles. The van der Waals surface area contributed by atoms with Gasteiger partial charge in [0.1, 0.15) is 11.5 Å². The Bertz CT molecular complexity index is 439. The quantitative estimate of drug-likeness (QED) is 0.593. The van der Waals surface area contributed by atoms with Gasteiger partial charge < -0.3 is 9.64 Å². The van der Waals surface area contributed by atoms with Crippen molar-refractivity contribution in [3.63, 3.8) is 0 Å². The number of ether oxygens (including phenoxy) is 1. The van der Waals surface area contributed by atoms with Crippen LogP contribution in [0.25, 0.3) is 0 Å². The Morgan fingerprint density at radius 2 is 2.35 bits per heavy atom. The molecular formula is C11H14ClN3O2. The molecule has 0 spiro atoms. The molecule has 0 radical (unpaired) electrons. The van der Waals surface area contributed by atoms with Crippen molar-refractivity contribution in [1.82, 2.24) is 9.97 Å². The minimum absolute atomic E-state index is 0.103. The zero-order valence-electron chi connectivity index (χ0n) is 9.81. The Morgan fingerprint density at radius 3 is 3.00 bits per heavy atom. The molecule has 2 heterocycles. The first kappa shape index (κ1) is 12.3. The molecule has 1 aromatic heterocycles. The van der Waals surface area contributed by atoms with Crippen molar-refractivity contribution in [2.24, 2.45) is 0 Å². The highest BCUT2D eigenvalue weighted by Gasteiger charge is 2.21. The monoisotopic (exact) mass is 255 g/mol. The lowest BCUT2D eigenvalue weighted by Crippen LogP contribution is -2.44. The van der Waals surface area contributed by atoms with Crippen LogP contribution in [-0.4, -0.2) is 41.6 Å². The Hall–Kier alpha value is -1.20. The topological polar surface area (TPSA) is 55.3 Å². The molecule has 1 aromatic rings. The summed E-state index contributed by atoms with van der Waals surface area (Å²) in [7, 11) is 0. The molecule has 0 aliphatic carbocycles. The second kappa shape index (κ2) is 4.98. The summed E-state index contributed by atoms with van der Waals surface area (Å²) < 4.78 is 5.36. The summed E-state index contributed by atoms with van der Waals surface area (Å²) in [4.78, 5) is 21.5. The molecule has 0 saturated carbocycles. The van der Waals surface area contributed by atoms with Crippen molar-refractivity contribution in [2.75, 3.05) is 24.7 Å². The Labute approximate surface area is 105 Å². The molecule has 5 nitrogen and oxygen atoms in total. The van der Waals surface area contributed by atoms with Crippen LogP contribution in [0, 0.1) is 0 Å². The molecule has 1 fully saturated rings. The number of rotatable bonds is 2. The highest BCUT2D eigenvalue weighted by molar-refractivity contribution is 6.28. The largest absolute Gasteiger partial charge is 0.377 e. The van der Waals surface area contributed by atoms with E-state index in [1.54, 1.807) is 6.07 Å². The third kappa shape index (κ3) is 2.73. The van der Waals surface area contributed by atoms with Gasteiger partial charge in [-0.2, -0.15) is 0 Å². The van der Waals surface area contributed by atoms with Gasteiger partial charge >= 0.3 is 0 Å². The lowest BCUT2D eigenvalue weighted by molar-refractivity contribution is 0.0983. The Balaban J connectivity index is 2.33. The van der Waals surface area contributed by atoms with E-state index in [4.69, 9.17) is 16.3 Å². The van der Waals surface area contributed by atoms with Gasteiger partial charge in [-0.25, -0.2) is 9.97 Å². The number of halogens is 1. The molecule has 0 amide bonds. The first-order valence-electron chi connectivity index (χ1n) is 5.48. The van der Waals surface area contributed by atoms with Gasteiger partial charge in [0.25, 0.3) is 0 Å². The van der Waals surface area contributed by atoms with E-state index in [9.17, 15) is 4.79 Å². The van der Waals surface area contributed by atoms with Gasteiger partial charge in [-0.05, 0) is 18.5 Å². The maximum Gasteiger partial charge on any atom is 0.224 e. The van der Waals surface area contributed by atoms with E-state index in [1.807, 2.05) is 6.92 Å². The summed E-state index contributed by atoms with van der Waals surface area (Å²) in [6.45, 7) is 5.55. The molecule has 1 saturated heterocycles. The third-order valence-corrected chi connectivity index (χ3v) is 2.88. The van der Waals surface area contributed by atoms with Crippen LogP contribution >= 0.6 is 11.6 Å². The lowest BCUT2D eigenvalue weighted by atomic mass is 10.2. The fourth-order valence-corrected chi connectivity index (χ4v) is 1.98. The molecule has 0 bridgehead atoms. The van der Waals surface area contributed by atoms with Crippen LogP contribution in [0.15, 0.2) is 6.07 Å². The van der Waals surface area contributed by atoms with Crippen LogP contribution in [0.5, 0.6) is 0 Å². The molecule has 1 aliphatic heterocycles. The molecule has 1 aliphatic rings. The van der Waals surface area contributed by atoms with E-state index in [1.165, 1.54) is 6.92 Å². The van der Waals surface area contributed by atoms with Crippen LogP contribution in [0.1, 0.15) is 24.3 Å². The van der Waals surface area contributed by atoms with E-state index < -0.39 is 0 Å². The molecule has 0 unspecified atom stereocenters. The van der Waals surface area contributed by atoms with Gasteiger partial charge in [0, 0.05) is 19.5 Å². The van der Waals surface area contributed by atoms with Gasteiger partial charge in [0.05, 0.1) is 19.3 Å². The average Bonchev–Trinajstić information content (AvgIpc) is 2.28. The summed E-state index contributed by atoms with van der Waals surface area (Å²) in [6, 6.07) is 1.89. The predicted octanol–water partition coefficient (Wildman–Crippen LogP) is 1.56. The van der Waals surface area contributed by atoms with Gasteiger partial charge in [0.15, 0.2) is 5.78 Å². The van der Waals surface area contributed by atoms with Crippen LogP contribution in [0.4, 0.5) is 5.82 Å². The number of anilines is 1. The van der Waals surface area contributed by atoms with Crippen molar-refractivity contribution in [3.05, 3.63) is 17.0 Å². The number of hydrogen-bond donors (Lipinski definition) is 0. The maximum atomic E-state index is 11.3. The van der Waals surface area contributed by atoms with Crippen molar-refractivity contribution in [1.29, 1.82) is 0 Å². The molecule has 0 N–H and O–H groups in total. The zero-order valence-corrected chi connectivity index (χ0v) is 10.6. The van der Waals surface area contributed by atoms with Crippen LogP contribution in [0.2, 0.25) is 5.28 Å². The van der Waals surface area contributed by atoms with Crippen LogP contribution < -0.4 is 4.90 Å². The number of hydrogen-bond acceptors (Lipinski definition) is 5. The summed E-state index contributed by atoms with van der Waals surface area (Å²) in [6.07, 6.45) is 0. The van der Waals surface area contributed by atoms with Crippen molar-refractivity contribution in [2.45, 2.75) is 19.9 Å². The zero-order chi connectivity index (χ0) is 12.4. The second-order valence-electron chi connectivity index (χ2n) is 4.05. The van der Waals surface area contributed by atoms with Crippen molar-refractivity contribution < 1.29 is 9.53 Å². The second-order valence-corrected chi connectivity index (χ2v) is 4.39. The number of carbonyl (C=O) groups is 1. The predicted molar refractivity (Wildman–Crippen MR) is 64.7 cm³/mol. The number of aromatic nitrogens is 2. The van der Waals surface area contributed by atoms with E-state index >= 15 is 0 Å². The first-order chi connectivity index (χ1) is 8.08. The summed E-state index contributed by atoms with van der Waals surface area (Å²) in [5.41, 5.74) is 0.346. The molecule has 1 atom stereocenters. The van der Waals surface area contributed by atoms with Gasteiger partial charge in [-0.1, -0.05) is 0 Å². The van der Waals surface area contributed by atoms with Crippen LogP contribution in [0.3, 0.4) is 0 Å². The number of carbonyl (C=O) groups excluding carboxylic acids is 1. The maximum absolute atomic E-state index is 11.3. The lowest BCUT2D eigenvalue weighted by Gasteiger charge is -2.34. The van der Waals surface area contributed by atoms with Gasteiger partial charge in [-0.15, -0.1) is 0 Å². The highest BCUT2D eigenvalue weighted by atomic mass is 35.5. The van der Waals surface area contributed by atoms with E-state index in [-0.39, 0.29) is 17.1 Å². The van der Waals surface area contributed by atoms with Gasteiger partial charge in [0.2, 0.25) is 5.28 Å². The smallest absolute Gasteiger partial charge is 0.224 e. The van der Waals surface area contributed by atoms with E-state index in [2.05, 4.69) is 14.9 Å². The number of morpholine rings is 1. The molecular weight excluding hydrogens is 242 g/mol. The molecule has 6 heteroatoms. The summed E-state index contributed by atoms with van der Waals surface area (Å²) in [5, 5.41) is 0.103.